The number of aromatic nitrogens is 4. The van der Waals surface area contributed by atoms with Gasteiger partial charge in [-0.3, -0.25) is 5.10 Å². The molecule has 2 aromatic heterocycles. The van der Waals surface area contributed by atoms with Crippen LogP contribution in [0.15, 0.2) is 36.8 Å². The Hall–Kier alpha value is -2.67. The van der Waals surface area contributed by atoms with Crippen molar-refractivity contribution < 1.29 is 4.74 Å². The molecule has 0 saturated carbocycles. The third-order valence-corrected chi connectivity index (χ3v) is 3.75. The largest absolute Gasteiger partial charge is 0.378 e. The van der Waals surface area contributed by atoms with Crippen LogP contribution in [0.2, 0.25) is 0 Å². The summed E-state index contributed by atoms with van der Waals surface area (Å²) in [5, 5.41) is 11.0. The summed E-state index contributed by atoms with van der Waals surface area (Å²) in [6.07, 6.45) is 3.24. The van der Waals surface area contributed by atoms with Crippen molar-refractivity contribution in [2.45, 2.75) is 0 Å². The van der Waals surface area contributed by atoms with Crippen LogP contribution in [-0.4, -0.2) is 46.5 Å². The third kappa shape index (κ3) is 2.46. The smallest absolute Gasteiger partial charge is 0.160 e. The van der Waals surface area contributed by atoms with Crippen LogP contribution in [0, 0.1) is 0 Å². The first-order valence-electron chi connectivity index (χ1n) is 7.24. The highest BCUT2D eigenvalue weighted by Crippen LogP contribution is 2.24. The van der Waals surface area contributed by atoms with E-state index in [-0.39, 0.29) is 0 Å². The van der Waals surface area contributed by atoms with Gasteiger partial charge in [0.1, 0.15) is 12.1 Å². The summed E-state index contributed by atoms with van der Waals surface area (Å²) in [5.41, 5.74) is 2.92. The molecular weight excluding hydrogens is 280 g/mol. The Kier molecular flexibility index (Phi) is 3.32. The van der Waals surface area contributed by atoms with Crippen LogP contribution in [-0.2, 0) is 4.74 Å². The van der Waals surface area contributed by atoms with Crippen molar-refractivity contribution in [3.05, 3.63) is 36.8 Å². The van der Waals surface area contributed by atoms with E-state index in [0.717, 1.165) is 48.8 Å². The lowest BCUT2D eigenvalue weighted by atomic mass is 10.2. The van der Waals surface area contributed by atoms with E-state index in [1.54, 1.807) is 6.20 Å². The maximum absolute atomic E-state index is 5.38. The Labute approximate surface area is 127 Å². The van der Waals surface area contributed by atoms with Crippen molar-refractivity contribution in [2.24, 2.45) is 0 Å². The molecule has 0 aliphatic carbocycles. The summed E-state index contributed by atoms with van der Waals surface area (Å²) in [5.74, 6) is 0.748. The Balaban J connectivity index is 1.54. The van der Waals surface area contributed by atoms with Gasteiger partial charge in [0.05, 0.1) is 24.8 Å². The summed E-state index contributed by atoms with van der Waals surface area (Å²) < 4.78 is 5.38. The van der Waals surface area contributed by atoms with Crippen LogP contribution >= 0.6 is 0 Å². The molecule has 1 aliphatic rings. The first kappa shape index (κ1) is 13.0. The number of anilines is 3. The maximum Gasteiger partial charge on any atom is 0.160 e. The van der Waals surface area contributed by atoms with Gasteiger partial charge in [0.2, 0.25) is 0 Å². The number of nitrogens with zero attached hydrogens (tertiary/aromatic N) is 4. The number of morpholine rings is 1. The monoisotopic (exact) mass is 296 g/mol. The Morgan fingerprint density at radius 1 is 1.09 bits per heavy atom. The average molecular weight is 296 g/mol. The summed E-state index contributed by atoms with van der Waals surface area (Å²) in [6.45, 7) is 3.46. The van der Waals surface area contributed by atoms with Gasteiger partial charge in [-0.1, -0.05) is 0 Å². The highest BCUT2D eigenvalue weighted by molar-refractivity contribution is 5.87. The van der Waals surface area contributed by atoms with Gasteiger partial charge in [-0.05, 0) is 24.3 Å². The van der Waals surface area contributed by atoms with Gasteiger partial charge in [0.15, 0.2) is 5.65 Å². The summed E-state index contributed by atoms with van der Waals surface area (Å²) >= 11 is 0. The van der Waals surface area contributed by atoms with Crippen LogP contribution in [0.1, 0.15) is 0 Å². The summed E-state index contributed by atoms with van der Waals surface area (Å²) in [6, 6.07) is 8.33. The second kappa shape index (κ2) is 5.61. The molecule has 0 atom stereocenters. The molecule has 22 heavy (non-hydrogen) atoms. The number of hydrogen-bond acceptors (Lipinski definition) is 6. The zero-order chi connectivity index (χ0) is 14.8. The predicted octanol–water partition coefficient (Wildman–Crippen LogP) is 1.93. The number of H-pyrrole nitrogens is 1. The van der Waals surface area contributed by atoms with Crippen LogP contribution in [0.4, 0.5) is 17.2 Å². The Bertz CT molecular complexity index is 763. The average Bonchev–Trinajstić information content (AvgIpc) is 3.06. The second-order valence-corrected chi connectivity index (χ2v) is 5.13. The van der Waals surface area contributed by atoms with E-state index in [1.807, 2.05) is 0 Å². The number of aromatic amines is 1. The van der Waals surface area contributed by atoms with Crippen molar-refractivity contribution in [1.82, 2.24) is 20.2 Å². The Morgan fingerprint density at radius 2 is 1.91 bits per heavy atom. The predicted molar refractivity (Wildman–Crippen MR) is 84.4 cm³/mol. The molecule has 4 rings (SSSR count). The molecule has 3 aromatic rings. The second-order valence-electron chi connectivity index (χ2n) is 5.13. The molecular formula is C15H16N6O. The molecule has 1 aromatic carbocycles. The van der Waals surface area contributed by atoms with Gasteiger partial charge in [-0.25, -0.2) is 9.97 Å². The van der Waals surface area contributed by atoms with Crippen molar-refractivity contribution in [3.63, 3.8) is 0 Å². The van der Waals surface area contributed by atoms with Crippen molar-refractivity contribution in [1.29, 1.82) is 0 Å². The van der Waals surface area contributed by atoms with Gasteiger partial charge >= 0.3 is 0 Å². The fourth-order valence-electron chi connectivity index (χ4n) is 2.58. The fraction of sp³-hybridized carbons (Fsp3) is 0.267. The van der Waals surface area contributed by atoms with E-state index in [0.29, 0.717) is 0 Å². The maximum atomic E-state index is 5.38. The zero-order valence-corrected chi connectivity index (χ0v) is 12.0. The molecule has 0 bridgehead atoms. The standard InChI is InChI=1S/C15H16N6O/c1-3-12(21-5-7-22-8-6-21)4-2-11(1)19-14-13-9-18-20-15(13)17-10-16-14/h1-4,9-10H,5-8H2,(H2,16,17,18,19,20). The molecule has 1 saturated heterocycles. The van der Waals surface area contributed by atoms with Gasteiger partial charge < -0.3 is 15.0 Å². The molecule has 7 nitrogen and oxygen atoms in total. The normalized spacial score (nSPS) is 15.2. The SMILES string of the molecule is c1nc(Nc2ccc(N3CCOCC3)cc2)c2cn[nH]c2n1. The lowest BCUT2D eigenvalue weighted by Gasteiger charge is -2.28. The van der Waals surface area contributed by atoms with Crippen molar-refractivity contribution in [2.75, 3.05) is 36.5 Å². The lowest BCUT2D eigenvalue weighted by molar-refractivity contribution is 0.122. The Morgan fingerprint density at radius 3 is 2.73 bits per heavy atom. The van der Waals surface area contributed by atoms with Gasteiger partial charge in [0.25, 0.3) is 0 Å². The minimum absolute atomic E-state index is 0.724. The van der Waals surface area contributed by atoms with E-state index in [2.05, 4.69) is 54.6 Å². The summed E-state index contributed by atoms with van der Waals surface area (Å²) in [7, 11) is 0. The fourth-order valence-corrected chi connectivity index (χ4v) is 2.58. The van der Waals surface area contributed by atoms with Crippen molar-refractivity contribution in [3.8, 4) is 0 Å². The molecule has 7 heteroatoms. The van der Waals surface area contributed by atoms with E-state index < -0.39 is 0 Å². The summed E-state index contributed by atoms with van der Waals surface area (Å²) in [4.78, 5) is 10.7. The molecule has 0 spiro atoms. The number of benzene rings is 1. The molecule has 112 valence electrons. The van der Waals surface area contributed by atoms with E-state index in [1.165, 1.54) is 12.0 Å². The number of ether oxygens (including phenoxy) is 1. The topological polar surface area (TPSA) is 79.0 Å². The molecule has 2 N–H and O–H groups in total. The first-order valence-corrected chi connectivity index (χ1v) is 7.24. The zero-order valence-electron chi connectivity index (χ0n) is 12.0. The molecule has 1 fully saturated rings. The van der Waals surface area contributed by atoms with Crippen LogP contribution in [0.25, 0.3) is 11.0 Å². The quantitative estimate of drug-likeness (QED) is 0.769. The van der Waals surface area contributed by atoms with E-state index in [9.17, 15) is 0 Å². The number of rotatable bonds is 3. The highest BCUT2D eigenvalue weighted by atomic mass is 16.5. The van der Waals surface area contributed by atoms with E-state index >= 15 is 0 Å². The number of fused-ring (bicyclic) bond motifs is 1. The first-order chi connectivity index (χ1) is 10.9. The molecule has 0 amide bonds. The minimum Gasteiger partial charge on any atom is -0.378 e. The minimum atomic E-state index is 0.724. The molecule has 1 aliphatic heterocycles. The van der Waals surface area contributed by atoms with Gasteiger partial charge in [-0.15, -0.1) is 0 Å². The van der Waals surface area contributed by atoms with Crippen LogP contribution in [0.3, 0.4) is 0 Å². The van der Waals surface area contributed by atoms with Crippen LogP contribution < -0.4 is 10.2 Å². The van der Waals surface area contributed by atoms with Crippen molar-refractivity contribution >= 4 is 28.2 Å². The number of hydrogen-bond donors (Lipinski definition) is 2. The molecule has 0 unspecified atom stereocenters. The number of nitrogens with one attached hydrogen (secondary N) is 2. The molecule has 0 radical (unpaired) electrons. The highest BCUT2D eigenvalue weighted by Gasteiger charge is 2.11. The lowest BCUT2D eigenvalue weighted by Crippen LogP contribution is -2.36. The third-order valence-electron chi connectivity index (χ3n) is 3.75. The molecule has 3 heterocycles. The van der Waals surface area contributed by atoms with Crippen LogP contribution in [0.5, 0.6) is 0 Å². The van der Waals surface area contributed by atoms with Gasteiger partial charge in [-0.2, -0.15) is 5.10 Å². The van der Waals surface area contributed by atoms with Gasteiger partial charge in [0, 0.05) is 24.5 Å². The van der Waals surface area contributed by atoms with E-state index in [4.69, 9.17) is 4.74 Å².